The summed E-state index contributed by atoms with van der Waals surface area (Å²) in [5.41, 5.74) is 3.44. The van der Waals surface area contributed by atoms with Crippen LogP contribution in [0.3, 0.4) is 0 Å². The second kappa shape index (κ2) is 6.72. The molecule has 0 aliphatic carbocycles. The van der Waals surface area contributed by atoms with Crippen LogP contribution in [-0.2, 0) is 10.2 Å². The first-order valence-electron chi connectivity index (χ1n) is 7.19. The van der Waals surface area contributed by atoms with E-state index in [1.165, 1.54) is 5.56 Å². The second-order valence-corrected chi connectivity index (χ2v) is 6.05. The Morgan fingerprint density at radius 2 is 1.67 bits per heavy atom. The number of pyridine rings is 1. The molecular formula is C18H23NO2. The topological polar surface area (TPSA) is 31.4 Å². The van der Waals surface area contributed by atoms with Crippen molar-refractivity contribution in [1.82, 2.24) is 4.98 Å². The number of hydrogen-bond acceptors (Lipinski definition) is 3. The van der Waals surface area contributed by atoms with Crippen LogP contribution in [0.1, 0.15) is 26.3 Å². The molecule has 21 heavy (non-hydrogen) atoms. The van der Waals surface area contributed by atoms with Gasteiger partial charge in [-0.2, -0.15) is 0 Å². The zero-order chi connectivity index (χ0) is 15.3. The van der Waals surface area contributed by atoms with Crippen LogP contribution in [0.5, 0.6) is 5.75 Å². The first-order valence-corrected chi connectivity index (χ1v) is 7.19. The van der Waals surface area contributed by atoms with Crippen molar-refractivity contribution in [3.63, 3.8) is 0 Å². The third-order valence-electron chi connectivity index (χ3n) is 3.34. The van der Waals surface area contributed by atoms with Crippen molar-refractivity contribution in [2.45, 2.75) is 26.2 Å². The standard InChI is InChI=1S/C18H23NO2/c1-18(2,3)15-7-10-17(19-13-15)14-5-8-16(9-6-14)21-12-11-20-4/h5-10,13H,11-12H2,1-4H3. The van der Waals surface area contributed by atoms with Gasteiger partial charge in [0, 0.05) is 18.9 Å². The van der Waals surface area contributed by atoms with E-state index in [2.05, 4.69) is 37.9 Å². The summed E-state index contributed by atoms with van der Waals surface area (Å²) in [4.78, 5) is 4.56. The first-order chi connectivity index (χ1) is 10.0. The molecule has 0 saturated carbocycles. The van der Waals surface area contributed by atoms with Gasteiger partial charge in [-0.3, -0.25) is 4.98 Å². The maximum Gasteiger partial charge on any atom is 0.119 e. The van der Waals surface area contributed by atoms with E-state index < -0.39 is 0 Å². The highest BCUT2D eigenvalue weighted by atomic mass is 16.5. The molecule has 3 nitrogen and oxygen atoms in total. The highest BCUT2D eigenvalue weighted by Crippen LogP contribution is 2.25. The van der Waals surface area contributed by atoms with E-state index in [1.54, 1.807) is 7.11 Å². The summed E-state index contributed by atoms with van der Waals surface area (Å²) in [6, 6.07) is 12.2. The van der Waals surface area contributed by atoms with Gasteiger partial charge in [-0.1, -0.05) is 26.8 Å². The molecule has 0 fully saturated rings. The quantitative estimate of drug-likeness (QED) is 0.776. The molecule has 0 aliphatic heterocycles. The highest BCUT2D eigenvalue weighted by Gasteiger charge is 2.13. The normalized spacial score (nSPS) is 11.4. The van der Waals surface area contributed by atoms with Crippen LogP contribution in [0.2, 0.25) is 0 Å². The molecule has 2 rings (SSSR count). The molecule has 2 aromatic rings. The van der Waals surface area contributed by atoms with Crippen LogP contribution in [0.15, 0.2) is 42.6 Å². The maximum atomic E-state index is 5.56. The minimum Gasteiger partial charge on any atom is -0.491 e. The summed E-state index contributed by atoms with van der Waals surface area (Å²) in [5, 5.41) is 0. The van der Waals surface area contributed by atoms with E-state index in [0.717, 1.165) is 17.0 Å². The van der Waals surface area contributed by atoms with E-state index in [4.69, 9.17) is 9.47 Å². The van der Waals surface area contributed by atoms with Gasteiger partial charge in [0.05, 0.1) is 12.3 Å². The predicted octanol–water partition coefficient (Wildman–Crippen LogP) is 4.07. The molecule has 0 atom stereocenters. The minimum absolute atomic E-state index is 0.130. The van der Waals surface area contributed by atoms with E-state index in [1.807, 2.05) is 30.5 Å². The zero-order valence-electron chi connectivity index (χ0n) is 13.2. The molecule has 0 bridgehead atoms. The van der Waals surface area contributed by atoms with Crippen LogP contribution < -0.4 is 4.74 Å². The number of hydrogen-bond donors (Lipinski definition) is 0. The number of rotatable bonds is 5. The third-order valence-corrected chi connectivity index (χ3v) is 3.34. The summed E-state index contributed by atoms with van der Waals surface area (Å²) in [6.45, 7) is 7.73. The van der Waals surface area contributed by atoms with E-state index in [-0.39, 0.29) is 5.41 Å². The Bertz CT molecular complexity index is 553. The third kappa shape index (κ3) is 4.30. The molecule has 0 unspecified atom stereocenters. The number of benzene rings is 1. The molecule has 0 amide bonds. The van der Waals surface area contributed by atoms with E-state index in [0.29, 0.717) is 13.2 Å². The van der Waals surface area contributed by atoms with Gasteiger partial charge in [-0.25, -0.2) is 0 Å². The Labute approximate surface area is 126 Å². The summed E-state index contributed by atoms with van der Waals surface area (Å²) >= 11 is 0. The van der Waals surface area contributed by atoms with Crippen molar-refractivity contribution in [3.8, 4) is 17.0 Å². The number of methoxy groups -OCH3 is 1. The average molecular weight is 285 g/mol. The molecular weight excluding hydrogens is 262 g/mol. The number of aromatic nitrogens is 1. The minimum atomic E-state index is 0.130. The average Bonchev–Trinajstić information content (AvgIpc) is 2.48. The molecule has 1 aromatic heterocycles. The Hall–Kier alpha value is -1.87. The van der Waals surface area contributed by atoms with E-state index >= 15 is 0 Å². The summed E-state index contributed by atoms with van der Waals surface area (Å²) in [6.07, 6.45) is 1.96. The summed E-state index contributed by atoms with van der Waals surface area (Å²) < 4.78 is 10.5. The van der Waals surface area contributed by atoms with Crippen LogP contribution in [0.25, 0.3) is 11.3 Å². The molecule has 0 radical (unpaired) electrons. The molecule has 0 saturated heterocycles. The smallest absolute Gasteiger partial charge is 0.119 e. The zero-order valence-corrected chi connectivity index (χ0v) is 13.2. The van der Waals surface area contributed by atoms with Crippen LogP contribution in [0.4, 0.5) is 0 Å². The summed E-state index contributed by atoms with van der Waals surface area (Å²) in [5.74, 6) is 0.849. The van der Waals surface area contributed by atoms with Crippen LogP contribution in [-0.4, -0.2) is 25.3 Å². The fraction of sp³-hybridized carbons (Fsp3) is 0.389. The van der Waals surface area contributed by atoms with Gasteiger partial charge in [-0.15, -0.1) is 0 Å². The van der Waals surface area contributed by atoms with Crippen LogP contribution >= 0.6 is 0 Å². The Morgan fingerprint density at radius 1 is 0.952 bits per heavy atom. The van der Waals surface area contributed by atoms with E-state index in [9.17, 15) is 0 Å². The monoisotopic (exact) mass is 285 g/mol. The molecule has 0 spiro atoms. The van der Waals surface area contributed by atoms with Crippen molar-refractivity contribution in [1.29, 1.82) is 0 Å². The van der Waals surface area contributed by atoms with Crippen molar-refractivity contribution >= 4 is 0 Å². The number of nitrogens with zero attached hydrogens (tertiary/aromatic N) is 1. The van der Waals surface area contributed by atoms with Gasteiger partial charge in [-0.05, 0) is 41.3 Å². The van der Waals surface area contributed by atoms with Gasteiger partial charge in [0.15, 0.2) is 0 Å². The van der Waals surface area contributed by atoms with Crippen molar-refractivity contribution < 1.29 is 9.47 Å². The fourth-order valence-electron chi connectivity index (χ4n) is 1.97. The molecule has 112 valence electrons. The SMILES string of the molecule is COCCOc1ccc(-c2ccc(C(C)(C)C)cn2)cc1. The van der Waals surface area contributed by atoms with Crippen molar-refractivity contribution in [2.75, 3.05) is 20.3 Å². The molecule has 1 heterocycles. The van der Waals surface area contributed by atoms with Gasteiger partial charge in [0.2, 0.25) is 0 Å². The van der Waals surface area contributed by atoms with Gasteiger partial charge < -0.3 is 9.47 Å². The largest absolute Gasteiger partial charge is 0.491 e. The lowest BCUT2D eigenvalue weighted by Gasteiger charge is -2.18. The number of ether oxygens (including phenoxy) is 2. The molecule has 3 heteroatoms. The Balaban J connectivity index is 2.08. The summed E-state index contributed by atoms with van der Waals surface area (Å²) in [7, 11) is 1.67. The lowest BCUT2D eigenvalue weighted by atomic mass is 9.88. The Morgan fingerprint density at radius 3 is 2.19 bits per heavy atom. The molecule has 1 aromatic carbocycles. The first kappa shape index (κ1) is 15.5. The lowest BCUT2D eigenvalue weighted by Crippen LogP contribution is -2.11. The predicted molar refractivity (Wildman–Crippen MR) is 85.7 cm³/mol. The maximum absolute atomic E-state index is 5.56. The molecule has 0 aliphatic rings. The Kier molecular flexibility index (Phi) is 4.97. The van der Waals surface area contributed by atoms with Gasteiger partial charge in [0.1, 0.15) is 12.4 Å². The molecule has 0 N–H and O–H groups in total. The fourth-order valence-corrected chi connectivity index (χ4v) is 1.97. The van der Waals surface area contributed by atoms with Crippen LogP contribution in [0, 0.1) is 0 Å². The van der Waals surface area contributed by atoms with Crippen molar-refractivity contribution in [3.05, 3.63) is 48.2 Å². The van der Waals surface area contributed by atoms with Gasteiger partial charge in [0.25, 0.3) is 0 Å². The lowest BCUT2D eigenvalue weighted by molar-refractivity contribution is 0.146. The second-order valence-electron chi connectivity index (χ2n) is 6.05. The van der Waals surface area contributed by atoms with Crippen molar-refractivity contribution in [2.24, 2.45) is 0 Å². The van der Waals surface area contributed by atoms with Gasteiger partial charge >= 0.3 is 0 Å². The highest BCUT2D eigenvalue weighted by molar-refractivity contribution is 5.60.